The summed E-state index contributed by atoms with van der Waals surface area (Å²) in [5.74, 6) is 1.84. The molecule has 0 radical (unpaired) electrons. The Morgan fingerprint density at radius 3 is 2.93 bits per heavy atom. The zero-order valence-electron chi connectivity index (χ0n) is 16.9. The van der Waals surface area contributed by atoms with Crippen LogP contribution in [0, 0.1) is 5.21 Å². The minimum atomic E-state index is 0.164. The highest BCUT2D eigenvalue weighted by molar-refractivity contribution is 5.57. The first kappa shape index (κ1) is 19.0. The number of pyridine rings is 1. The van der Waals surface area contributed by atoms with E-state index < -0.39 is 0 Å². The number of aliphatic hydroxyl groups is 1. The topological polar surface area (TPSA) is 106 Å². The van der Waals surface area contributed by atoms with Gasteiger partial charge in [0.1, 0.15) is 0 Å². The molecule has 1 aliphatic heterocycles. The van der Waals surface area contributed by atoms with E-state index in [9.17, 15) is 10.3 Å². The Morgan fingerprint density at radius 2 is 2.13 bits per heavy atom. The fraction of sp³-hybridized carbons (Fsp3) is 0.524. The van der Waals surface area contributed by atoms with Gasteiger partial charge in [-0.15, -0.1) is 0 Å². The van der Waals surface area contributed by atoms with E-state index in [4.69, 9.17) is 9.97 Å². The van der Waals surface area contributed by atoms with Crippen molar-refractivity contribution in [2.24, 2.45) is 0 Å². The van der Waals surface area contributed by atoms with Crippen LogP contribution in [0.3, 0.4) is 0 Å². The SMILES string of the molecule is [O-][n+]1cccc(CNc2nc(N3CCCC[C@@H]3CCO)nc3c(C4CC4)cnn23)c1. The molecule has 2 fully saturated rings. The van der Waals surface area contributed by atoms with Crippen molar-refractivity contribution in [2.75, 3.05) is 23.4 Å². The molecule has 0 spiro atoms. The number of nitrogens with zero attached hydrogens (tertiary/aromatic N) is 6. The molecule has 0 amide bonds. The number of aliphatic hydroxyl groups excluding tert-OH is 1. The van der Waals surface area contributed by atoms with E-state index in [-0.39, 0.29) is 12.6 Å². The molecule has 3 aromatic heterocycles. The third-order valence-electron chi connectivity index (χ3n) is 6.03. The lowest BCUT2D eigenvalue weighted by molar-refractivity contribution is -0.605. The Bertz CT molecular complexity index is 1030. The van der Waals surface area contributed by atoms with Crippen LogP contribution in [0.25, 0.3) is 5.65 Å². The second-order valence-electron chi connectivity index (χ2n) is 8.24. The van der Waals surface area contributed by atoms with E-state index in [1.807, 2.05) is 12.3 Å². The van der Waals surface area contributed by atoms with E-state index >= 15 is 0 Å². The van der Waals surface area contributed by atoms with Crippen LogP contribution in [0.5, 0.6) is 0 Å². The molecule has 1 saturated heterocycles. The first-order chi connectivity index (χ1) is 14.7. The van der Waals surface area contributed by atoms with E-state index in [1.165, 1.54) is 24.6 Å². The molecule has 1 atom stereocenters. The van der Waals surface area contributed by atoms with Crippen LogP contribution in [0.15, 0.2) is 30.7 Å². The summed E-state index contributed by atoms with van der Waals surface area (Å²) in [6.45, 7) is 1.52. The van der Waals surface area contributed by atoms with Crippen molar-refractivity contribution >= 4 is 17.5 Å². The average molecular weight is 409 g/mol. The maximum absolute atomic E-state index is 11.6. The Hall–Kier alpha value is -2.94. The molecule has 2 aliphatic rings. The Labute approximate surface area is 175 Å². The monoisotopic (exact) mass is 409 g/mol. The standard InChI is InChI=1S/C21H27N7O2/c29-11-8-17-5-1-2-10-27(17)21-24-19-18(16-6-7-16)13-23-28(19)20(25-21)22-12-15-4-3-9-26(30)14-15/h3-4,9,13-14,16-17,29H,1-2,5-8,10-12H2,(H,22,24,25)/t17-/m1/s1. The molecular formula is C21H27N7O2. The lowest BCUT2D eigenvalue weighted by Gasteiger charge is -2.35. The van der Waals surface area contributed by atoms with Crippen LogP contribution in [0.2, 0.25) is 0 Å². The summed E-state index contributed by atoms with van der Waals surface area (Å²) in [5, 5.41) is 29.0. The number of aromatic nitrogens is 5. The molecule has 9 heteroatoms. The lowest BCUT2D eigenvalue weighted by Crippen LogP contribution is -2.41. The Balaban J connectivity index is 1.51. The number of rotatable bonds is 7. The van der Waals surface area contributed by atoms with Crippen LogP contribution < -0.4 is 14.9 Å². The van der Waals surface area contributed by atoms with Gasteiger partial charge in [0.05, 0.1) is 6.20 Å². The summed E-state index contributed by atoms with van der Waals surface area (Å²) in [7, 11) is 0. The highest BCUT2D eigenvalue weighted by Crippen LogP contribution is 2.42. The highest BCUT2D eigenvalue weighted by atomic mass is 16.5. The van der Waals surface area contributed by atoms with Gasteiger partial charge < -0.3 is 20.5 Å². The summed E-state index contributed by atoms with van der Waals surface area (Å²) < 4.78 is 2.57. The quantitative estimate of drug-likeness (QED) is 0.454. The van der Waals surface area contributed by atoms with Gasteiger partial charge in [-0.2, -0.15) is 24.3 Å². The number of anilines is 2. The molecule has 4 heterocycles. The summed E-state index contributed by atoms with van der Waals surface area (Å²) in [4.78, 5) is 12.0. The van der Waals surface area contributed by atoms with Gasteiger partial charge in [0.25, 0.3) is 0 Å². The zero-order valence-corrected chi connectivity index (χ0v) is 16.9. The first-order valence-electron chi connectivity index (χ1n) is 10.8. The van der Waals surface area contributed by atoms with Gasteiger partial charge in [-0.3, -0.25) is 0 Å². The number of nitrogens with one attached hydrogen (secondary N) is 1. The molecule has 9 nitrogen and oxygen atoms in total. The van der Waals surface area contributed by atoms with Crippen molar-refractivity contribution in [3.8, 4) is 0 Å². The average Bonchev–Trinajstić information content (AvgIpc) is 3.51. The van der Waals surface area contributed by atoms with Crippen LogP contribution in [-0.2, 0) is 6.54 Å². The first-order valence-corrected chi connectivity index (χ1v) is 10.8. The van der Waals surface area contributed by atoms with Crippen LogP contribution >= 0.6 is 0 Å². The molecule has 3 aromatic rings. The molecule has 5 rings (SSSR count). The van der Waals surface area contributed by atoms with Crippen LogP contribution in [-0.4, -0.2) is 43.9 Å². The fourth-order valence-corrected chi connectivity index (χ4v) is 4.31. The predicted octanol–water partition coefficient (Wildman–Crippen LogP) is 1.99. The summed E-state index contributed by atoms with van der Waals surface area (Å²) in [6, 6.07) is 3.89. The molecule has 2 N–H and O–H groups in total. The molecule has 158 valence electrons. The van der Waals surface area contributed by atoms with Gasteiger partial charge in [0, 0.05) is 42.9 Å². The van der Waals surface area contributed by atoms with E-state index in [2.05, 4.69) is 15.3 Å². The van der Waals surface area contributed by atoms with Gasteiger partial charge >= 0.3 is 0 Å². The van der Waals surface area contributed by atoms with Crippen LogP contribution in [0.1, 0.15) is 55.6 Å². The molecule has 1 aliphatic carbocycles. The number of hydrogen-bond donors (Lipinski definition) is 2. The Kier molecular flexibility index (Phi) is 5.12. The normalized spacial score (nSPS) is 19.4. The van der Waals surface area contributed by atoms with E-state index in [0.29, 0.717) is 24.4 Å². The molecule has 0 unspecified atom stereocenters. The van der Waals surface area contributed by atoms with Crippen molar-refractivity contribution in [2.45, 2.75) is 57.0 Å². The van der Waals surface area contributed by atoms with Gasteiger partial charge in [-0.1, -0.05) is 0 Å². The maximum atomic E-state index is 11.6. The Morgan fingerprint density at radius 1 is 1.23 bits per heavy atom. The molecule has 0 bridgehead atoms. The smallest absolute Gasteiger partial charge is 0.230 e. The van der Waals surface area contributed by atoms with Crippen molar-refractivity contribution in [1.29, 1.82) is 0 Å². The second-order valence-corrected chi connectivity index (χ2v) is 8.24. The van der Waals surface area contributed by atoms with Gasteiger partial charge in [0.2, 0.25) is 11.9 Å². The molecule has 0 aromatic carbocycles. The summed E-state index contributed by atoms with van der Waals surface area (Å²) in [5.41, 5.74) is 2.89. The van der Waals surface area contributed by atoms with Crippen molar-refractivity contribution in [3.05, 3.63) is 47.1 Å². The van der Waals surface area contributed by atoms with Crippen LogP contribution in [0.4, 0.5) is 11.9 Å². The maximum Gasteiger partial charge on any atom is 0.230 e. The van der Waals surface area contributed by atoms with Gasteiger partial charge in [-0.05, 0) is 50.5 Å². The number of fused-ring (bicyclic) bond motifs is 1. The van der Waals surface area contributed by atoms with Crippen molar-refractivity contribution in [3.63, 3.8) is 0 Å². The fourth-order valence-electron chi connectivity index (χ4n) is 4.31. The minimum Gasteiger partial charge on any atom is -0.619 e. The molecule has 30 heavy (non-hydrogen) atoms. The highest BCUT2D eigenvalue weighted by Gasteiger charge is 2.30. The van der Waals surface area contributed by atoms with Gasteiger partial charge in [-0.25, -0.2) is 0 Å². The second kappa shape index (κ2) is 8.06. The third kappa shape index (κ3) is 3.77. The lowest BCUT2D eigenvalue weighted by atomic mass is 10.0. The molecular weight excluding hydrogens is 382 g/mol. The number of hydrogen-bond acceptors (Lipinski definition) is 7. The summed E-state index contributed by atoms with van der Waals surface area (Å²) >= 11 is 0. The van der Waals surface area contributed by atoms with Crippen molar-refractivity contribution in [1.82, 2.24) is 19.6 Å². The van der Waals surface area contributed by atoms with Gasteiger partial charge in [0.15, 0.2) is 18.0 Å². The summed E-state index contributed by atoms with van der Waals surface area (Å²) in [6.07, 6.45) is 11.3. The van der Waals surface area contributed by atoms with E-state index in [1.54, 1.807) is 16.8 Å². The third-order valence-corrected chi connectivity index (χ3v) is 6.03. The zero-order chi connectivity index (χ0) is 20.5. The minimum absolute atomic E-state index is 0.164. The van der Waals surface area contributed by atoms with E-state index in [0.717, 1.165) is 48.2 Å². The largest absolute Gasteiger partial charge is 0.619 e. The predicted molar refractivity (Wildman–Crippen MR) is 112 cm³/mol. The molecule has 1 saturated carbocycles. The van der Waals surface area contributed by atoms with Crippen molar-refractivity contribution < 1.29 is 9.84 Å². The number of piperidine rings is 1.